The highest BCUT2D eigenvalue weighted by Gasteiger charge is 2.33. The number of nitrogens with zero attached hydrogens (tertiary/aromatic N) is 3. The molecule has 8 nitrogen and oxygen atoms in total. The predicted octanol–water partition coefficient (Wildman–Crippen LogP) is 2.88. The Hall–Kier alpha value is -3.85. The Labute approximate surface area is 213 Å². The van der Waals surface area contributed by atoms with Crippen LogP contribution in [0.1, 0.15) is 31.0 Å². The molecule has 1 aromatic heterocycles. The lowest BCUT2D eigenvalue weighted by atomic mass is 9.95. The smallest absolute Gasteiger partial charge is 0.338 e. The molecular weight excluding hydrogens is 478 g/mol. The van der Waals surface area contributed by atoms with Gasteiger partial charge in [0.15, 0.2) is 16.3 Å². The molecule has 1 aliphatic heterocycles. The van der Waals surface area contributed by atoms with E-state index >= 15 is 0 Å². The summed E-state index contributed by atoms with van der Waals surface area (Å²) in [5.41, 5.74) is 3.25. The van der Waals surface area contributed by atoms with Crippen LogP contribution in [0.5, 0.6) is 11.5 Å². The van der Waals surface area contributed by atoms with E-state index in [-0.39, 0.29) is 12.2 Å². The lowest BCUT2D eigenvalue weighted by Gasteiger charge is -2.25. The van der Waals surface area contributed by atoms with Gasteiger partial charge in [-0.25, -0.2) is 9.79 Å². The van der Waals surface area contributed by atoms with Crippen molar-refractivity contribution in [3.63, 3.8) is 0 Å². The van der Waals surface area contributed by atoms with E-state index < -0.39 is 12.0 Å². The lowest BCUT2D eigenvalue weighted by molar-refractivity contribution is -0.139. The number of carbonyl (C=O) groups is 1. The van der Waals surface area contributed by atoms with E-state index in [1.165, 1.54) is 11.3 Å². The molecule has 2 heterocycles. The normalized spacial score (nSPS) is 15.3. The summed E-state index contributed by atoms with van der Waals surface area (Å²) in [6.07, 6.45) is 1.85. The third kappa shape index (κ3) is 4.66. The number of methoxy groups -OCH3 is 2. The number of hydrogen-bond donors (Lipinski definition) is 0. The standard InChI is InChI=1S/C27H29N3O5S/c1-7-35-26(32)23-16(2)28-27-30(24(23)18-10-13-20(33-5)21(15-18)34-6)25(31)22(36-27)14-17-8-11-19(12-9-17)29(3)4/h8-15,24H,7H2,1-6H3. The fourth-order valence-corrected chi connectivity index (χ4v) is 5.20. The van der Waals surface area contributed by atoms with Crippen LogP contribution in [0.4, 0.5) is 5.69 Å². The fourth-order valence-electron chi connectivity index (χ4n) is 4.15. The summed E-state index contributed by atoms with van der Waals surface area (Å²) in [6, 6.07) is 12.6. The molecule has 0 amide bonds. The summed E-state index contributed by atoms with van der Waals surface area (Å²) < 4.78 is 18.3. The number of benzene rings is 2. The maximum absolute atomic E-state index is 13.7. The maximum Gasteiger partial charge on any atom is 0.338 e. The van der Waals surface area contributed by atoms with Crippen LogP contribution in [0.25, 0.3) is 6.08 Å². The quantitative estimate of drug-likeness (QED) is 0.458. The van der Waals surface area contributed by atoms with Gasteiger partial charge >= 0.3 is 5.97 Å². The summed E-state index contributed by atoms with van der Waals surface area (Å²) in [7, 11) is 7.05. The van der Waals surface area contributed by atoms with E-state index in [1.807, 2.05) is 55.4 Å². The van der Waals surface area contributed by atoms with Crippen molar-refractivity contribution in [1.29, 1.82) is 0 Å². The molecule has 0 bridgehead atoms. The molecule has 0 saturated heterocycles. The van der Waals surface area contributed by atoms with Gasteiger partial charge in [0.1, 0.15) is 0 Å². The monoisotopic (exact) mass is 507 g/mol. The van der Waals surface area contributed by atoms with Crippen LogP contribution in [0, 0.1) is 0 Å². The van der Waals surface area contributed by atoms with Gasteiger partial charge in [-0.3, -0.25) is 9.36 Å². The third-order valence-electron chi connectivity index (χ3n) is 5.95. The van der Waals surface area contributed by atoms with Gasteiger partial charge in [-0.2, -0.15) is 0 Å². The molecule has 1 atom stereocenters. The van der Waals surface area contributed by atoms with Gasteiger partial charge in [-0.05, 0) is 55.3 Å². The van der Waals surface area contributed by atoms with Crippen molar-refractivity contribution >= 4 is 29.1 Å². The van der Waals surface area contributed by atoms with Gasteiger partial charge in [0.25, 0.3) is 5.56 Å². The minimum absolute atomic E-state index is 0.210. The van der Waals surface area contributed by atoms with Crippen molar-refractivity contribution in [3.05, 3.63) is 84.5 Å². The Morgan fingerprint density at radius 1 is 1.11 bits per heavy atom. The van der Waals surface area contributed by atoms with Crippen LogP contribution in [-0.4, -0.2) is 45.5 Å². The Balaban J connectivity index is 1.92. The second kappa shape index (κ2) is 10.4. The zero-order valence-corrected chi connectivity index (χ0v) is 22.0. The molecule has 0 saturated carbocycles. The number of ether oxygens (including phenoxy) is 3. The molecule has 188 valence electrons. The number of aromatic nitrogens is 1. The minimum atomic E-state index is -0.724. The Kier molecular flexibility index (Phi) is 7.30. The first-order chi connectivity index (χ1) is 17.3. The fraction of sp³-hybridized carbons (Fsp3) is 0.296. The zero-order chi connectivity index (χ0) is 26.0. The average Bonchev–Trinajstić information content (AvgIpc) is 3.17. The summed E-state index contributed by atoms with van der Waals surface area (Å²) in [5, 5.41) is 0. The predicted molar refractivity (Wildman–Crippen MR) is 141 cm³/mol. The molecule has 0 radical (unpaired) electrons. The largest absolute Gasteiger partial charge is 0.493 e. The highest BCUT2D eigenvalue weighted by Crippen LogP contribution is 2.36. The second-order valence-electron chi connectivity index (χ2n) is 8.40. The first-order valence-corrected chi connectivity index (χ1v) is 12.3. The highest BCUT2D eigenvalue weighted by atomic mass is 32.1. The van der Waals surface area contributed by atoms with Gasteiger partial charge in [0, 0.05) is 19.8 Å². The van der Waals surface area contributed by atoms with Crippen LogP contribution in [0.15, 0.2) is 63.5 Å². The van der Waals surface area contributed by atoms with Crippen molar-refractivity contribution in [3.8, 4) is 11.5 Å². The van der Waals surface area contributed by atoms with Crippen molar-refractivity contribution in [2.24, 2.45) is 4.99 Å². The summed E-state index contributed by atoms with van der Waals surface area (Å²) >= 11 is 1.29. The Bertz CT molecular complexity index is 1500. The van der Waals surface area contributed by atoms with E-state index in [9.17, 15) is 9.59 Å². The van der Waals surface area contributed by atoms with Gasteiger partial charge in [0.05, 0.1) is 42.7 Å². The van der Waals surface area contributed by atoms with Gasteiger partial charge in [-0.15, -0.1) is 0 Å². The molecule has 0 N–H and O–H groups in total. The molecule has 3 aromatic rings. The molecule has 36 heavy (non-hydrogen) atoms. The first kappa shape index (κ1) is 25.2. The van der Waals surface area contributed by atoms with Crippen LogP contribution in [0.2, 0.25) is 0 Å². The number of fused-ring (bicyclic) bond motifs is 1. The first-order valence-electron chi connectivity index (χ1n) is 11.5. The molecule has 0 fully saturated rings. The molecule has 1 unspecified atom stereocenters. The summed E-state index contributed by atoms with van der Waals surface area (Å²) in [4.78, 5) is 33.9. The molecule has 9 heteroatoms. The van der Waals surface area contributed by atoms with Crippen LogP contribution in [-0.2, 0) is 9.53 Å². The lowest BCUT2D eigenvalue weighted by Crippen LogP contribution is -2.39. The van der Waals surface area contributed by atoms with Crippen LogP contribution in [0.3, 0.4) is 0 Å². The molecule has 0 aliphatic carbocycles. The van der Waals surface area contributed by atoms with Gasteiger partial charge in [-0.1, -0.05) is 29.5 Å². The van der Waals surface area contributed by atoms with Crippen LogP contribution < -0.4 is 29.3 Å². The maximum atomic E-state index is 13.7. The van der Waals surface area contributed by atoms with Gasteiger partial charge in [0.2, 0.25) is 0 Å². The second-order valence-corrected chi connectivity index (χ2v) is 9.41. The van der Waals surface area contributed by atoms with E-state index in [1.54, 1.807) is 44.8 Å². The molecular formula is C27H29N3O5S. The summed E-state index contributed by atoms with van der Waals surface area (Å²) in [5.74, 6) is 0.538. The zero-order valence-electron chi connectivity index (χ0n) is 21.2. The van der Waals surface area contributed by atoms with Crippen LogP contribution >= 0.6 is 11.3 Å². The topological polar surface area (TPSA) is 82.4 Å². The number of rotatable bonds is 7. The van der Waals surface area contributed by atoms with E-state index in [2.05, 4.69) is 4.99 Å². The Morgan fingerprint density at radius 2 is 1.81 bits per heavy atom. The van der Waals surface area contributed by atoms with Crippen molar-refractivity contribution < 1.29 is 19.0 Å². The highest BCUT2D eigenvalue weighted by molar-refractivity contribution is 7.07. The number of carbonyl (C=O) groups excluding carboxylic acids is 1. The van der Waals surface area contributed by atoms with Crippen molar-refractivity contribution in [2.75, 3.05) is 39.8 Å². The van der Waals surface area contributed by atoms with E-state index in [4.69, 9.17) is 14.2 Å². The van der Waals surface area contributed by atoms with Crippen molar-refractivity contribution in [2.45, 2.75) is 19.9 Å². The number of anilines is 1. The molecule has 0 spiro atoms. The molecule has 2 aromatic carbocycles. The number of hydrogen-bond acceptors (Lipinski definition) is 8. The van der Waals surface area contributed by atoms with E-state index in [0.717, 1.165) is 11.3 Å². The Morgan fingerprint density at radius 3 is 2.42 bits per heavy atom. The minimum Gasteiger partial charge on any atom is -0.493 e. The van der Waals surface area contributed by atoms with Gasteiger partial charge < -0.3 is 19.1 Å². The SMILES string of the molecule is CCOC(=O)C1=C(C)N=c2sc(=Cc3ccc(N(C)C)cc3)c(=O)n2C1c1ccc(OC)c(OC)c1. The number of allylic oxidation sites excluding steroid dienone is 1. The molecule has 4 rings (SSSR count). The third-order valence-corrected chi connectivity index (χ3v) is 6.93. The molecule has 1 aliphatic rings. The number of esters is 1. The average molecular weight is 508 g/mol. The van der Waals surface area contributed by atoms with E-state index in [0.29, 0.717) is 37.7 Å². The summed E-state index contributed by atoms with van der Waals surface area (Å²) in [6.45, 7) is 3.72. The van der Waals surface area contributed by atoms with Crippen molar-refractivity contribution in [1.82, 2.24) is 4.57 Å². The number of thiazole rings is 1.